The van der Waals surface area contributed by atoms with Crippen molar-refractivity contribution in [3.8, 4) is 17.2 Å². The van der Waals surface area contributed by atoms with E-state index in [9.17, 15) is 13.2 Å². The zero-order chi connectivity index (χ0) is 20.7. The van der Waals surface area contributed by atoms with Gasteiger partial charge in [-0.3, -0.25) is 4.99 Å². The van der Waals surface area contributed by atoms with Crippen LogP contribution in [0.25, 0.3) is 0 Å². The number of rotatable bonds is 6. The number of halogens is 4. The molecule has 2 N–H and O–H groups in total. The van der Waals surface area contributed by atoms with E-state index in [1.54, 1.807) is 19.2 Å². The summed E-state index contributed by atoms with van der Waals surface area (Å²) in [4.78, 5) is 4.15. The second-order valence-electron chi connectivity index (χ2n) is 6.35. The molecule has 6 nitrogen and oxygen atoms in total. The van der Waals surface area contributed by atoms with E-state index in [0.29, 0.717) is 31.4 Å². The molecule has 0 saturated carbocycles. The summed E-state index contributed by atoms with van der Waals surface area (Å²) in [5.74, 6) is 2.18. The van der Waals surface area contributed by atoms with Crippen molar-refractivity contribution in [1.29, 1.82) is 0 Å². The van der Waals surface area contributed by atoms with Crippen molar-refractivity contribution in [2.75, 3.05) is 26.8 Å². The highest BCUT2D eigenvalue weighted by atomic mass is 127. The van der Waals surface area contributed by atoms with Gasteiger partial charge in [-0.15, -0.1) is 24.0 Å². The van der Waals surface area contributed by atoms with Crippen LogP contribution >= 0.6 is 24.0 Å². The number of nitrogens with zero attached hydrogens (tertiary/aromatic N) is 1. The van der Waals surface area contributed by atoms with Gasteiger partial charge in [0.05, 0.1) is 6.54 Å². The average molecular weight is 537 g/mol. The van der Waals surface area contributed by atoms with Crippen LogP contribution in [0.2, 0.25) is 0 Å². The van der Waals surface area contributed by atoms with E-state index >= 15 is 0 Å². The van der Waals surface area contributed by atoms with Crippen LogP contribution in [0.15, 0.2) is 53.5 Å². The van der Waals surface area contributed by atoms with Crippen molar-refractivity contribution in [2.24, 2.45) is 4.99 Å². The van der Waals surface area contributed by atoms with Crippen molar-refractivity contribution in [3.63, 3.8) is 0 Å². The topological polar surface area (TPSA) is 64.1 Å². The molecule has 30 heavy (non-hydrogen) atoms. The molecular formula is C20H23F3IN3O3. The molecule has 0 bridgehead atoms. The molecule has 10 heteroatoms. The van der Waals surface area contributed by atoms with Gasteiger partial charge < -0.3 is 24.8 Å². The lowest BCUT2D eigenvalue weighted by Crippen LogP contribution is -2.45. The molecule has 1 aliphatic heterocycles. The minimum atomic E-state index is -4.35. The van der Waals surface area contributed by atoms with Gasteiger partial charge in [0.1, 0.15) is 18.5 Å². The van der Waals surface area contributed by atoms with Crippen LogP contribution in [0.5, 0.6) is 17.2 Å². The van der Waals surface area contributed by atoms with E-state index in [0.717, 1.165) is 11.3 Å². The molecule has 0 aromatic heterocycles. The molecule has 0 spiro atoms. The summed E-state index contributed by atoms with van der Waals surface area (Å²) in [6.45, 7) is 0.0707. The zero-order valence-corrected chi connectivity index (χ0v) is 18.6. The van der Waals surface area contributed by atoms with Gasteiger partial charge in [0.15, 0.2) is 24.1 Å². The molecule has 0 fully saturated rings. The summed E-state index contributed by atoms with van der Waals surface area (Å²) in [6, 6.07) is 13.9. The third-order valence-corrected chi connectivity index (χ3v) is 4.07. The third kappa shape index (κ3) is 7.47. The van der Waals surface area contributed by atoms with Crippen molar-refractivity contribution < 1.29 is 27.4 Å². The highest BCUT2D eigenvalue weighted by Crippen LogP contribution is 2.30. The maximum Gasteiger partial charge on any atom is 0.422 e. The third-order valence-electron chi connectivity index (χ3n) is 4.07. The van der Waals surface area contributed by atoms with Gasteiger partial charge in [-0.2, -0.15) is 13.2 Å². The van der Waals surface area contributed by atoms with Crippen LogP contribution in [0.1, 0.15) is 5.56 Å². The van der Waals surface area contributed by atoms with Gasteiger partial charge in [-0.05, 0) is 29.8 Å². The summed E-state index contributed by atoms with van der Waals surface area (Å²) >= 11 is 0. The number of hydrogen-bond acceptors (Lipinski definition) is 4. The van der Waals surface area contributed by atoms with Crippen LogP contribution in [0.3, 0.4) is 0 Å². The molecule has 0 saturated heterocycles. The minimum Gasteiger partial charge on any atom is -0.486 e. The molecule has 1 unspecified atom stereocenters. The second kappa shape index (κ2) is 11.1. The Balaban J connectivity index is 0.00000320. The molecule has 1 aliphatic rings. The minimum absolute atomic E-state index is 0. The summed E-state index contributed by atoms with van der Waals surface area (Å²) < 4.78 is 52.8. The van der Waals surface area contributed by atoms with Crippen LogP contribution < -0.4 is 24.8 Å². The molecule has 2 aromatic carbocycles. The van der Waals surface area contributed by atoms with Crippen LogP contribution in [0, 0.1) is 0 Å². The highest BCUT2D eigenvalue weighted by Gasteiger charge is 2.28. The average Bonchev–Trinajstić information content (AvgIpc) is 2.72. The number of benzene rings is 2. The smallest absolute Gasteiger partial charge is 0.422 e. The van der Waals surface area contributed by atoms with Crippen LogP contribution in [-0.2, 0) is 6.54 Å². The van der Waals surface area contributed by atoms with Crippen molar-refractivity contribution in [3.05, 3.63) is 54.1 Å². The summed E-state index contributed by atoms with van der Waals surface area (Å²) in [6.07, 6.45) is -4.51. The first-order valence-corrected chi connectivity index (χ1v) is 9.04. The lowest BCUT2D eigenvalue weighted by molar-refractivity contribution is -0.153. The molecule has 0 radical (unpaired) electrons. The van der Waals surface area contributed by atoms with Crippen LogP contribution in [0.4, 0.5) is 13.2 Å². The van der Waals surface area contributed by atoms with E-state index in [4.69, 9.17) is 14.2 Å². The number of hydrogen-bond donors (Lipinski definition) is 2. The largest absolute Gasteiger partial charge is 0.486 e. The zero-order valence-electron chi connectivity index (χ0n) is 16.2. The van der Waals surface area contributed by atoms with E-state index in [1.807, 2.05) is 24.3 Å². The fourth-order valence-electron chi connectivity index (χ4n) is 2.65. The van der Waals surface area contributed by atoms with Crippen molar-refractivity contribution in [1.82, 2.24) is 10.6 Å². The molecule has 0 amide bonds. The first-order valence-electron chi connectivity index (χ1n) is 9.04. The number of nitrogens with one attached hydrogen (secondary N) is 2. The summed E-state index contributed by atoms with van der Waals surface area (Å²) in [5.41, 5.74) is 0.874. The van der Waals surface area contributed by atoms with Gasteiger partial charge in [-0.1, -0.05) is 24.3 Å². The van der Waals surface area contributed by atoms with E-state index in [1.165, 1.54) is 12.1 Å². The Labute approximate surface area is 189 Å². The van der Waals surface area contributed by atoms with Gasteiger partial charge >= 0.3 is 6.18 Å². The lowest BCUT2D eigenvalue weighted by Gasteiger charge is -2.27. The number of aliphatic imine (C=N–C) groups is 1. The fraction of sp³-hybridized carbons (Fsp3) is 0.350. The van der Waals surface area contributed by atoms with Gasteiger partial charge in [0.25, 0.3) is 0 Å². The van der Waals surface area contributed by atoms with E-state index < -0.39 is 12.8 Å². The summed E-state index contributed by atoms with van der Waals surface area (Å²) in [5, 5.41) is 6.31. The normalized spacial score (nSPS) is 15.7. The number of fused-ring (bicyclic) bond motifs is 1. The van der Waals surface area contributed by atoms with E-state index in [-0.39, 0.29) is 35.8 Å². The Morgan fingerprint density at radius 3 is 2.47 bits per heavy atom. The number of alkyl halides is 3. The van der Waals surface area contributed by atoms with Crippen molar-refractivity contribution >= 4 is 29.9 Å². The Morgan fingerprint density at radius 1 is 1.10 bits per heavy atom. The summed E-state index contributed by atoms with van der Waals surface area (Å²) in [7, 11) is 1.65. The predicted octanol–water partition coefficient (Wildman–Crippen LogP) is 3.75. The van der Waals surface area contributed by atoms with E-state index in [2.05, 4.69) is 15.6 Å². The highest BCUT2D eigenvalue weighted by molar-refractivity contribution is 14.0. The SMILES string of the molecule is CN=C(NCc1ccc(OCC(F)(F)F)cc1)NCC1COc2ccccc2O1.I. The predicted molar refractivity (Wildman–Crippen MR) is 118 cm³/mol. The Morgan fingerprint density at radius 2 is 1.80 bits per heavy atom. The van der Waals surface area contributed by atoms with Crippen molar-refractivity contribution in [2.45, 2.75) is 18.8 Å². The molecule has 2 aromatic rings. The number of para-hydroxylation sites is 2. The van der Waals surface area contributed by atoms with Gasteiger partial charge in [0, 0.05) is 13.6 Å². The molecule has 1 heterocycles. The van der Waals surface area contributed by atoms with Crippen LogP contribution in [-0.4, -0.2) is 45.0 Å². The quantitative estimate of drug-likeness (QED) is 0.334. The maximum absolute atomic E-state index is 12.2. The first-order chi connectivity index (χ1) is 13.9. The fourth-order valence-corrected chi connectivity index (χ4v) is 2.65. The Hall–Kier alpha value is -2.37. The molecule has 0 aliphatic carbocycles. The van der Waals surface area contributed by atoms with Gasteiger partial charge in [-0.25, -0.2) is 0 Å². The number of guanidine groups is 1. The molecule has 1 atom stereocenters. The Bertz CT molecular complexity index is 832. The maximum atomic E-state index is 12.2. The Kier molecular flexibility index (Phi) is 8.88. The second-order valence-corrected chi connectivity index (χ2v) is 6.35. The monoisotopic (exact) mass is 537 g/mol. The standard InChI is InChI=1S/C20H22F3N3O3.HI/c1-24-19(26-11-16-12-27-17-4-2-3-5-18(17)29-16)25-10-14-6-8-15(9-7-14)28-13-20(21,22)23;/h2-9,16H,10-13H2,1H3,(H2,24,25,26);1H. The lowest BCUT2D eigenvalue weighted by atomic mass is 10.2. The number of ether oxygens (including phenoxy) is 3. The molecule has 3 rings (SSSR count). The molecule has 164 valence electrons. The first kappa shape index (κ1) is 23.9. The van der Waals surface area contributed by atoms with Gasteiger partial charge in [0.2, 0.25) is 0 Å². The molecular weight excluding hydrogens is 514 g/mol.